The average molecular weight is 211 g/mol. The minimum absolute atomic E-state index is 0.0897. The number of carbonyl (C=O) groups excluding carboxylic acids is 1. The highest BCUT2D eigenvalue weighted by atomic mass is 32.1. The maximum Gasteiger partial charge on any atom is 0.285 e. The van der Waals surface area contributed by atoms with Crippen molar-refractivity contribution in [3.05, 3.63) is 16.6 Å². The molecule has 1 aliphatic heterocycles. The molecule has 1 aliphatic rings. The highest BCUT2D eigenvalue weighted by Gasteiger charge is 2.14. The Morgan fingerprint density at radius 2 is 2.21 bits per heavy atom. The summed E-state index contributed by atoms with van der Waals surface area (Å²) in [5, 5.41) is 3.74. The molecule has 4 nitrogen and oxygen atoms in total. The molecule has 0 unspecified atom stereocenters. The molecule has 1 aromatic heterocycles. The number of hydrogen-bond donors (Lipinski definition) is 1. The lowest BCUT2D eigenvalue weighted by molar-refractivity contribution is 0.0745. The molecule has 0 aromatic carbocycles. The minimum atomic E-state index is -0.0897. The zero-order chi connectivity index (χ0) is 9.80. The molecular weight excluding hydrogens is 198 g/mol. The molecule has 1 aromatic rings. The van der Waals surface area contributed by atoms with Gasteiger partial charge in [-0.25, -0.2) is 9.99 Å². The van der Waals surface area contributed by atoms with Crippen molar-refractivity contribution in [2.24, 2.45) is 0 Å². The summed E-state index contributed by atoms with van der Waals surface area (Å²) in [6, 6.07) is 0. The third kappa shape index (κ3) is 2.30. The molecule has 2 rings (SSSR count). The molecule has 0 spiro atoms. The summed E-state index contributed by atoms with van der Waals surface area (Å²) < 4.78 is 0. The van der Waals surface area contributed by atoms with Crippen LogP contribution in [0.2, 0.25) is 0 Å². The van der Waals surface area contributed by atoms with Crippen LogP contribution in [0, 0.1) is 0 Å². The fourth-order valence-corrected chi connectivity index (χ4v) is 2.06. The van der Waals surface area contributed by atoms with Crippen LogP contribution in [0.15, 0.2) is 10.9 Å². The number of nitrogens with zero attached hydrogens (tertiary/aromatic N) is 2. The molecule has 14 heavy (non-hydrogen) atoms. The first-order valence-electron chi connectivity index (χ1n) is 4.80. The number of nitrogens with one attached hydrogen (secondary N) is 1. The second-order valence-corrected chi connectivity index (χ2v) is 4.08. The summed E-state index contributed by atoms with van der Waals surface area (Å²) in [7, 11) is 0. The monoisotopic (exact) mass is 211 g/mol. The highest BCUT2D eigenvalue weighted by Crippen LogP contribution is 2.07. The van der Waals surface area contributed by atoms with Crippen molar-refractivity contribution in [2.75, 3.05) is 13.1 Å². The minimum Gasteiger partial charge on any atom is -0.283 e. The van der Waals surface area contributed by atoms with Gasteiger partial charge in [-0.1, -0.05) is 6.42 Å². The molecule has 0 radical (unpaired) electrons. The topological polar surface area (TPSA) is 45.2 Å². The van der Waals surface area contributed by atoms with E-state index in [0.29, 0.717) is 5.69 Å². The van der Waals surface area contributed by atoms with E-state index >= 15 is 0 Å². The van der Waals surface area contributed by atoms with Crippen LogP contribution < -0.4 is 5.43 Å². The molecular formula is C9H13N3OS. The van der Waals surface area contributed by atoms with E-state index in [1.54, 1.807) is 10.9 Å². The van der Waals surface area contributed by atoms with Crippen LogP contribution in [0.3, 0.4) is 0 Å². The molecule has 1 saturated heterocycles. The van der Waals surface area contributed by atoms with Gasteiger partial charge in [-0.2, -0.15) is 0 Å². The summed E-state index contributed by atoms with van der Waals surface area (Å²) in [5.74, 6) is -0.0897. The van der Waals surface area contributed by atoms with Gasteiger partial charge in [0.1, 0.15) is 5.69 Å². The van der Waals surface area contributed by atoms with Gasteiger partial charge in [-0.15, -0.1) is 11.3 Å². The number of hydrazine groups is 1. The first kappa shape index (κ1) is 9.61. The molecule has 0 bridgehead atoms. The summed E-state index contributed by atoms with van der Waals surface area (Å²) >= 11 is 1.44. The lowest BCUT2D eigenvalue weighted by Gasteiger charge is -2.26. The Labute approximate surface area is 86.9 Å². The first-order valence-corrected chi connectivity index (χ1v) is 5.74. The van der Waals surface area contributed by atoms with E-state index in [-0.39, 0.29) is 5.91 Å². The summed E-state index contributed by atoms with van der Waals surface area (Å²) in [4.78, 5) is 15.5. The van der Waals surface area contributed by atoms with Gasteiger partial charge in [0, 0.05) is 18.5 Å². The molecule has 0 atom stereocenters. The number of hydrogen-bond acceptors (Lipinski definition) is 4. The van der Waals surface area contributed by atoms with Crippen molar-refractivity contribution in [3.8, 4) is 0 Å². The van der Waals surface area contributed by atoms with Crippen LogP contribution in [-0.4, -0.2) is 29.0 Å². The predicted octanol–water partition coefficient (Wildman–Crippen LogP) is 1.27. The Hall–Kier alpha value is -0.940. The van der Waals surface area contributed by atoms with Gasteiger partial charge in [-0.3, -0.25) is 10.2 Å². The Kier molecular flexibility index (Phi) is 3.10. The Morgan fingerprint density at radius 3 is 2.86 bits per heavy atom. The second-order valence-electron chi connectivity index (χ2n) is 3.36. The van der Waals surface area contributed by atoms with E-state index in [0.717, 1.165) is 25.9 Å². The van der Waals surface area contributed by atoms with Gasteiger partial charge in [0.15, 0.2) is 0 Å². The SMILES string of the molecule is O=C(NN1CCCCC1)c1cscn1. The van der Waals surface area contributed by atoms with Gasteiger partial charge >= 0.3 is 0 Å². The molecule has 5 heteroatoms. The van der Waals surface area contributed by atoms with E-state index in [2.05, 4.69) is 10.4 Å². The Bertz CT molecular complexity index is 293. The first-order chi connectivity index (χ1) is 6.86. The van der Waals surface area contributed by atoms with Crippen LogP contribution in [0.5, 0.6) is 0 Å². The van der Waals surface area contributed by atoms with Crippen molar-refractivity contribution < 1.29 is 4.79 Å². The molecule has 1 fully saturated rings. The second kappa shape index (κ2) is 4.52. The van der Waals surface area contributed by atoms with Crippen molar-refractivity contribution in [3.63, 3.8) is 0 Å². The van der Waals surface area contributed by atoms with Crippen LogP contribution in [0.25, 0.3) is 0 Å². The number of amides is 1. The van der Waals surface area contributed by atoms with E-state index in [1.165, 1.54) is 17.8 Å². The number of aromatic nitrogens is 1. The number of carbonyl (C=O) groups is 1. The molecule has 2 heterocycles. The summed E-state index contributed by atoms with van der Waals surface area (Å²) in [5.41, 5.74) is 5.05. The van der Waals surface area contributed by atoms with Crippen LogP contribution in [-0.2, 0) is 0 Å². The quantitative estimate of drug-likeness (QED) is 0.801. The van der Waals surface area contributed by atoms with E-state index in [9.17, 15) is 4.79 Å². The fourth-order valence-electron chi connectivity index (χ4n) is 1.53. The molecule has 76 valence electrons. The lowest BCUT2D eigenvalue weighted by Crippen LogP contribution is -2.45. The Morgan fingerprint density at radius 1 is 1.43 bits per heavy atom. The van der Waals surface area contributed by atoms with Gasteiger partial charge in [0.25, 0.3) is 5.91 Å². The van der Waals surface area contributed by atoms with Crippen LogP contribution >= 0.6 is 11.3 Å². The van der Waals surface area contributed by atoms with Crippen LogP contribution in [0.1, 0.15) is 29.8 Å². The van der Waals surface area contributed by atoms with Gasteiger partial charge in [0.05, 0.1) is 5.51 Å². The third-order valence-corrected chi connectivity index (χ3v) is 2.87. The van der Waals surface area contributed by atoms with E-state index in [4.69, 9.17) is 0 Å². The number of piperidine rings is 1. The van der Waals surface area contributed by atoms with Gasteiger partial charge < -0.3 is 0 Å². The van der Waals surface area contributed by atoms with Crippen molar-refractivity contribution in [1.29, 1.82) is 0 Å². The smallest absolute Gasteiger partial charge is 0.283 e. The lowest BCUT2D eigenvalue weighted by atomic mass is 10.2. The molecule has 1 amide bonds. The predicted molar refractivity (Wildman–Crippen MR) is 55.0 cm³/mol. The largest absolute Gasteiger partial charge is 0.285 e. The molecule has 0 saturated carbocycles. The van der Waals surface area contributed by atoms with Crippen molar-refractivity contribution in [2.45, 2.75) is 19.3 Å². The maximum atomic E-state index is 11.6. The summed E-state index contributed by atoms with van der Waals surface area (Å²) in [6.07, 6.45) is 3.60. The fraction of sp³-hybridized carbons (Fsp3) is 0.556. The number of rotatable bonds is 2. The molecule has 0 aliphatic carbocycles. The van der Waals surface area contributed by atoms with Crippen molar-refractivity contribution in [1.82, 2.24) is 15.4 Å². The Balaban J connectivity index is 1.87. The summed E-state index contributed by atoms with van der Waals surface area (Å²) in [6.45, 7) is 1.91. The van der Waals surface area contributed by atoms with E-state index < -0.39 is 0 Å². The normalized spacial score (nSPS) is 18.0. The van der Waals surface area contributed by atoms with Gasteiger partial charge in [-0.05, 0) is 12.8 Å². The highest BCUT2D eigenvalue weighted by molar-refractivity contribution is 7.07. The van der Waals surface area contributed by atoms with Crippen molar-refractivity contribution >= 4 is 17.2 Å². The average Bonchev–Trinajstić information content (AvgIpc) is 2.72. The third-order valence-electron chi connectivity index (χ3n) is 2.28. The maximum absolute atomic E-state index is 11.6. The number of thiazole rings is 1. The standard InChI is InChI=1S/C9H13N3OS/c13-9(8-6-14-7-10-8)11-12-4-2-1-3-5-12/h6-7H,1-5H2,(H,11,13). The zero-order valence-corrected chi connectivity index (χ0v) is 8.72. The zero-order valence-electron chi connectivity index (χ0n) is 7.90. The van der Waals surface area contributed by atoms with Gasteiger partial charge in [0.2, 0.25) is 0 Å². The molecule has 1 N–H and O–H groups in total. The van der Waals surface area contributed by atoms with Crippen LogP contribution in [0.4, 0.5) is 0 Å². The van der Waals surface area contributed by atoms with E-state index in [1.807, 2.05) is 5.01 Å².